The quantitative estimate of drug-likeness (QED) is 0.0462. The molecule has 3 heterocycles. The van der Waals surface area contributed by atoms with Crippen molar-refractivity contribution in [3.05, 3.63) is 82.9 Å². The van der Waals surface area contributed by atoms with Gasteiger partial charge in [-0.25, -0.2) is 19.4 Å². The van der Waals surface area contributed by atoms with Gasteiger partial charge in [0.2, 0.25) is 17.4 Å². The fourth-order valence-corrected chi connectivity index (χ4v) is 7.93. The summed E-state index contributed by atoms with van der Waals surface area (Å²) in [5.41, 5.74) is -1.88. The topological polar surface area (TPSA) is 225 Å². The maximum absolute atomic E-state index is 14.2. The Bertz CT molecular complexity index is 2070. The van der Waals surface area contributed by atoms with Crippen LogP contribution in [0.5, 0.6) is 0 Å². The zero-order valence-corrected chi connectivity index (χ0v) is 35.9. The van der Waals surface area contributed by atoms with Crippen LogP contribution in [-0.4, -0.2) is 88.0 Å². The van der Waals surface area contributed by atoms with Gasteiger partial charge in [-0.3, -0.25) is 19.7 Å². The SMILES string of the molecule is CC(C)(C)OC(=O)NCC1C[C@H](C[C@H]2NC(=O)[C@H]2NC(=O)/C(=N\OC2(C(=O)OC(c3ccccc3)c3ccccc3)CCCC2)c2csc(NC(=O)OC(C)(C)C)n2)C(=O)N1. The molecule has 4 atom stereocenters. The number of carbonyl (C=O) groups excluding carboxylic acids is 6. The van der Waals surface area contributed by atoms with E-state index < -0.39 is 70.9 Å². The van der Waals surface area contributed by atoms with Crippen molar-refractivity contribution in [3.63, 3.8) is 0 Å². The smallest absolute Gasteiger partial charge is 0.413 e. The Morgan fingerprint density at radius 3 is 2.07 bits per heavy atom. The maximum Gasteiger partial charge on any atom is 0.413 e. The molecule has 1 aliphatic carbocycles. The average molecular weight is 860 g/mol. The minimum absolute atomic E-state index is 0.00620. The molecule has 3 aliphatic rings. The molecule has 1 saturated carbocycles. The highest BCUT2D eigenvalue weighted by Crippen LogP contribution is 2.38. The first-order valence-corrected chi connectivity index (χ1v) is 21.2. The lowest BCUT2D eigenvalue weighted by Gasteiger charge is -2.38. The first-order chi connectivity index (χ1) is 28.9. The van der Waals surface area contributed by atoms with Gasteiger partial charge < -0.3 is 40.3 Å². The number of benzene rings is 2. The second-order valence-electron chi connectivity index (χ2n) is 17.3. The van der Waals surface area contributed by atoms with E-state index in [1.165, 1.54) is 5.38 Å². The number of aromatic nitrogens is 1. The number of β-lactam (4-membered cyclic amide) rings is 1. The molecule has 0 bridgehead atoms. The summed E-state index contributed by atoms with van der Waals surface area (Å²) in [6.45, 7) is 10.5. The summed E-state index contributed by atoms with van der Waals surface area (Å²) in [4.78, 5) is 89.6. The third-order valence-electron chi connectivity index (χ3n) is 10.1. The molecule has 6 rings (SSSR count). The molecule has 18 heteroatoms. The van der Waals surface area contributed by atoms with Gasteiger partial charge >= 0.3 is 18.2 Å². The van der Waals surface area contributed by atoms with Crippen LogP contribution in [0.25, 0.3) is 0 Å². The molecule has 2 aliphatic heterocycles. The van der Waals surface area contributed by atoms with E-state index in [0.717, 1.165) is 22.5 Å². The number of amides is 5. The number of oxime groups is 1. The molecule has 326 valence electrons. The number of rotatable bonds is 14. The average Bonchev–Trinajstić information content (AvgIpc) is 3.95. The van der Waals surface area contributed by atoms with Crippen molar-refractivity contribution < 1.29 is 47.8 Å². The molecule has 0 spiro atoms. The monoisotopic (exact) mass is 859 g/mol. The molecule has 17 nitrogen and oxygen atoms in total. The van der Waals surface area contributed by atoms with Crippen LogP contribution in [0.4, 0.5) is 14.7 Å². The Hall–Kier alpha value is -6.04. The van der Waals surface area contributed by atoms with Gasteiger partial charge in [-0.15, -0.1) is 11.3 Å². The van der Waals surface area contributed by atoms with Crippen molar-refractivity contribution in [1.82, 2.24) is 26.3 Å². The second kappa shape index (κ2) is 18.7. The van der Waals surface area contributed by atoms with Crippen molar-refractivity contribution in [1.29, 1.82) is 0 Å². The number of carbonyl (C=O) groups is 6. The van der Waals surface area contributed by atoms with E-state index in [-0.39, 0.29) is 54.3 Å². The number of anilines is 1. The number of alkyl carbamates (subject to hydrolysis) is 1. The summed E-state index contributed by atoms with van der Waals surface area (Å²) in [5.74, 6) is -2.75. The van der Waals surface area contributed by atoms with E-state index in [2.05, 4.69) is 36.7 Å². The minimum Gasteiger partial charge on any atom is -0.450 e. The first kappa shape index (κ1) is 44.5. The number of ether oxygens (including phenoxy) is 3. The lowest BCUT2D eigenvalue weighted by atomic mass is 9.87. The molecule has 61 heavy (non-hydrogen) atoms. The predicted molar refractivity (Wildman–Crippen MR) is 224 cm³/mol. The van der Waals surface area contributed by atoms with E-state index in [1.807, 2.05) is 60.7 Å². The Kier molecular flexibility index (Phi) is 13.6. The highest BCUT2D eigenvalue weighted by atomic mass is 32.1. The lowest BCUT2D eigenvalue weighted by Crippen LogP contribution is -2.70. The van der Waals surface area contributed by atoms with Crippen LogP contribution in [0.1, 0.15) is 103 Å². The normalized spacial score (nSPS) is 21.1. The summed E-state index contributed by atoms with van der Waals surface area (Å²) in [5, 5.41) is 19.4. The lowest BCUT2D eigenvalue weighted by molar-refractivity contribution is -0.176. The molecule has 2 aromatic carbocycles. The van der Waals surface area contributed by atoms with Crippen LogP contribution in [0.2, 0.25) is 0 Å². The molecule has 3 fully saturated rings. The molecular weight excluding hydrogens is 807 g/mol. The van der Waals surface area contributed by atoms with Crippen molar-refractivity contribution in [2.24, 2.45) is 11.1 Å². The van der Waals surface area contributed by atoms with Gasteiger partial charge in [-0.1, -0.05) is 65.8 Å². The minimum atomic E-state index is -1.55. The van der Waals surface area contributed by atoms with E-state index in [9.17, 15) is 28.8 Å². The van der Waals surface area contributed by atoms with Crippen LogP contribution >= 0.6 is 11.3 Å². The molecule has 1 aromatic heterocycles. The van der Waals surface area contributed by atoms with E-state index >= 15 is 0 Å². The number of esters is 1. The van der Waals surface area contributed by atoms with Gasteiger partial charge in [0.05, 0.1) is 6.04 Å². The van der Waals surface area contributed by atoms with E-state index in [0.29, 0.717) is 19.3 Å². The fraction of sp³-hybridized carbons (Fsp3) is 0.488. The highest BCUT2D eigenvalue weighted by molar-refractivity contribution is 7.14. The van der Waals surface area contributed by atoms with Crippen LogP contribution in [0, 0.1) is 5.92 Å². The second-order valence-corrected chi connectivity index (χ2v) is 18.2. The molecule has 5 amide bonds. The summed E-state index contributed by atoms with van der Waals surface area (Å²) in [6.07, 6.45) is 0.232. The van der Waals surface area contributed by atoms with Gasteiger partial charge in [-0.05, 0) is 78.4 Å². The molecule has 0 radical (unpaired) electrons. The zero-order valence-electron chi connectivity index (χ0n) is 35.1. The maximum atomic E-state index is 14.2. The van der Waals surface area contributed by atoms with Crippen LogP contribution in [0.15, 0.2) is 71.2 Å². The molecule has 5 N–H and O–H groups in total. The summed E-state index contributed by atoms with van der Waals surface area (Å²) >= 11 is 0.997. The van der Waals surface area contributed by atoms with E-state index in [4.69, 9.17) is 19.0 Å². The van der Waals surface area contributed by atoms with Crippen molar-refractivity contribution in [2.45, 2.75) is 121 Å². The van der Waals surface area contributed by atoms with E-state index in [1.54, 1.807) is 41.5 Å². The Labute approximate surface area is 358 Å². The van der Waals surface area contributed by atoms with Gasteiger partial charge in [0.25, 0.3) is 5.91 Å². The number of nitrogens with zero attached hydrogens (tertiary/aromatic N) is 2. The predicted octanol–water partition coefficient (Wildman–Crippen LogP) is 5.26. The van der Waals surface area contributed by atoms with Crippen LogP contribution in [-0.2, 0) is 38.2 Å². The molecule has 1 unspecified atom stereocenters. The van der Waals surface area contributed by atoms with Crippen LogP contribution in [0.3, 0.4) is 0 Å². The van der Waals surface area contributed by atoms with Gasteiger partial charge in [-0.2, -0.15) is 0 Å². The van der Waals surface area contributed by atoms with Gasteiger partial charge in [0.1, 0.15) is 22.9 Å². The first-order valence-electron chi connectivity index (χ1n) is 20.3. The third-order valence-corrected chi connectivity index (χ3v) is 10.9. The highest BCUT2D eigenvalue weighted by Gasteiger charge is 2.48. The zero-order chi connectivity index (χ0) is 44.0. The summed E-state index contributed by atoms with van der Waals surface area (Å²) < 4.78 is 16.9. The largest absolute Gasteiger partial charge is 0.450 e. The number of hydrogen-bond acceptors (Lipinski definition) is 13. The Balaban J connectivity index is 1.20. The van der Waals surface area contributed by atoms with Gasteiger partial charge in [0, 0.05) is 36.7 Å². The van der Waals surface area contributed by atoms with Crippen molar-refractivity contribution >= 4 is 58.1 Å². The molecular formula is C43H53N7O10S. The number of thiazole rings is 1. The third kappa shape index (κ3) is 11.8. The fourth-order valence-electron chi connectivity index (χ4n) is 7.25. The van der Waals surface area contributed by atoms with Gasteiger partial charge in [0.15, 0.2) is 16.9 Å². The molecule has 2 saturated heterocycles. The standard InChI is InChI=1S/C43H53N7O10S/c1-41(2,3)58-39(55)44-23-28-21-27(34(51)45-28)22-29-31(35(52)46-29)48-36(53)32(30-24-61-38(47-30)49-40(56)59-42(4,5)6)50-60-43(19-13-14-20-43)37(54)57-33(25-15-9-7-10-16-25)26-17-11-8-12-18-26/h7-12,15-18,24,27-29,31,33H,13-14,19-23H2,1-6H3,(H,44,55)(H,45,51)(H,46,52)(H,48,53)(H,47,49,56)/b50-32-/t27-,28?,29-,31+/m1/s1. The number of hydrogen-bond donors (Lipinski definition) is 5. The Morgan fingerprint density at radius 1 is 0.869 bits per heavy atom. The van der Waals surface area contributed by atoms with Crippen molar-refractivity contribution in [2.75, 3.05) is 11.9 Å². The summed E-state index contributed by atoms with van der Waals surface area (Å²) in [6, 6.07) is 16.6. The molecule has 3 aromatic rings. The van der Waals surface area contributed by atoms with Crippen molar-refractivity contribution in [3.8, 4) is 0 Å². The Morgan fingerprint density at radius 2 is 1.48 bits per heavy atom. The summed E-state index contributed by atoms with van der Waals surface area (Å²) in [7, 11) is 0. The number of nitrogens with one attached hydrogen (secondary N) is 5. The van der Waals surface area contributed by atoms with Crippen LogP contribution < -0.4 is 26.6 Å².